The molecule has 3 rings (SSSR count). The van der Waals surface area contributed by atoms with Crippen molar-refractivity contribution < 1.29 is 4.79 Å². The van der Waals surface area contributed by atoms with Gasteiger partial charge < -0.3 is 4.90 Å². The topological polar surface area (TPSA) is 44.1 Å². The van der Waals surface area contributed by atoms with Gasteiger partial charge in [-0.25, -0.2) is 0 Å². The van der Waals surface area contributed by atoms with Gasteiger partial charge >= 0.3 is 0 Å². The van der Waals surface area contributed by atoms with Crippen LogP contribution < -0.4 is 0 Å². The molecule has 1 heterocycles. The molecule has 2 bridgehead atoms. The lowest BCUT2D eigenvalue weighted by Crippen LogP contribution is -2.45. The Kier molecular flexibility index (Phi) is 3.25. The standard InChI is InChI=1S/C16H18N2O/c17-9-14-6-1-2-7-15(14)16(19)18-10-12-4-3-5-13(8-12)11-18/h1-2,6-7,12-13H,3-5,8,10-11H2/t12-,13-/m0/s1. The molecule has 1 amide bonds. The number of hydrogen-bond donors (Lipinski definition) is 0. The number of nitriles is 1. The molecule has 0 aromatic heterocycles. The minimum absolute atomic E-state index is 0.0359. The van der Waals surface area contributed by atoms with Crippen molar-refractivity contribution in [3.8, 4) is 6.07 Å². The number of carbonyl (C=O) groups is 1. The fourth-order valence-electron chi connectivity index (χ4n) is 3.54. The first-order valence-corrected chi connectivity index (χ1v) is 7.06. The average Bonchev–Trinajstić information content (AvgIpc) is 2.46. The third kappa shape index (κ3) is 2.35. The van der Waals surface area contributed by atoms with Gasteiger partial charge in [-0.15, -0.1) is 0 Å². The van der Waals surface area contributed by atoms with E-state index in [9.17, 15) is 4.79 Å². The van der Waals surface area contributed by atoms with Crippen molar-refractivity contribution in [2.45, 2.75) is 25.7 Å². The molecule has 2 atom stereocenters. The molecule has 3 nitrogen and oxygen atoms in total. The molecule has 1 aliphatic carbocycles. The molecule has 1 aliphatic heterocycles. The lowest BCUT2D eigenvalue weighted by atomic mass is 9.78. The fraction of sp³-hybridized carbons (Fsp3) is 0.500. The first-order valence-electron chi connectivity index (χ1n) is 7.06. The second-order valence-corrected chi connectivity index (χ2v) is 5.77. The Morgan fingerprint density at radius 2 is 1.89 bits per heavy atom. The van der Waals surface area contributed by atoms with Crippen molar-refractivity contribution in [2.24, 2.45) is 11.8 Å². The predicted octanol–water partition coefficient (Wildman–Crippen LogP) is 2.82. The van der Waals surface area contributed by atoms with E-state index in [1.54, 1.807) is 18.2 Å². The number of likely N-dealkylation sites (tertiary alicyclic amines) is 1. The molecule has 1 saturated heterocycles. The van der Waals surface area contributed by atoms with Crippen LogP contribution in [0.4, 0.5) is 0 Å². The van der Waals surface area contributed by atoms with Gasteiger partial charge in [0.1, 0.15) is 0 Å². The Bertz CT molecular complexity index is 520. The molecule has 1 aromatic rings. The Balaban J connectivity index is 1.82. The summed E-state index contributed by atoms with van der Waals surface area (Å²) in [6.07, 6.45) is 5.09. The Hall–Kier alpha value is -1.82. The first kappa shape index (κ1) is 12.2. The van der Waals surface area contributed by atoms with E-state index >= 15 is 0 Å². The highest BCUT2D eigenvalue weighted by Crippen LogP contribution is 2.34. The molecule has 19 heavy (non-hydrogen) atoms. The molecule has 0 spiro atoms. The summed E-state index contributed by atoms with van der Waals surface area (Å²) in [7, 11) is 0. The summed E-state index contributed by atoms with van der Waals surface area (Å²) in [5.41, 5.74) is 1.05. The largest absolute Gasteiger partial charge is 0.338 e. The molecule has 0 N–H and O–H groups in total. The summed E-state index contributed by atoms with van der Waals surface area (Å²) >= 11 is 0. The van der Waals surface area contributed by atoms with Crippen LogP contribution in [0.2, 0.25) is 0 Å². The maximum Gasteiger partial charge on any atom is 0.255 e. The molecule has 2 fully saturated rings. The SMILES string of the molecule is N#Cc1ccccc1C(=O)N1C[C@H]2CCC[C@@H](C2)C1. The number of hydrogen-bond acceptors (Lipinski definition) is 2. The Morgan fingerprint density at radius 3 is 2.58 bits per heavy atom. The van der Waals surface area contributed by atoms with E-state index in [2.05, 4.69) is 6.07 Å². The van der Waals surface area contributed by atoms with Crippen molar-refractivity contribution in [1.29, 1.82) is 5.26 Å². The van der Waals surface area contributed by atoms with Gasteiger partial charge in [-0.1, -0.05) is 18.6 Å². The molecular formula is C16H18N2O. The summed E-state index contributed by atoms with van der Waals surface area (Å²) in [5.74, 6) is 1.38. The maximum atomic E-state index is 12.6. The number of fused-ring (bicyclic) bond motifs is 2. The highest BCUT2D eigenvalue weighted by atomic mass is 16.2. The average molecular weight is 254 g/mol. The van der Waals surface area contributed by atoms with Gasteiger partial charge in [-0.05, 0) is 43.2 Å². The van der Waals surface area contributed by atoms with Crippen LogP contribution in [-0.2, 0) is 0 Å². The van der Waals surface area contributed by atoms with Gasteiger partial charge in [0.15, 0.2) is 0 Å². The third-order valence-corrected chi connectivity index (χ3v) is 4.41. The summed E-state index contributed by atoms with van der Waals surface area (Å²) in [6, 6.07) is 9.25. The van der Waals surface area contributed by atoms with Gasteiger partial charge in [-0.2, -0.15) is 5.26 Å². The van der Waals surface area contributed by atoms with Crippen LogP contribution >= 0.6 is 0 Å². The minimum Gasteiger partial charge on any atom is -0.338 e. The molecule has 1 aromatic carbocycles. The predicted molar refractivity (Wildman–Crippen MR) is 72.5 cm³/mol. The van der Waals surface area contributed by atoms with Gasteiger partial charge in [0.05, 0.1) is 17.2 Å². The number of rotatable bonds is 1. The summed E-state index contributed by atoms with van der Waals surface area (Å²) in [5, 5.41) is 9.11. The van der Waals surface area contributed by atoms with Crippen LogP contribution in [-0.4, -0.2) is 23.9 Å². The van der Waals surface area contributed by atoms with Crippen LogP contribution in [0, 0.1) is 23.2 Å². The molecule has 2 aliphatic rings. The monoisotopic (exact) mass is 254 g/mol. The van der Waals surface area contributed by atoms with Crippen molar-refractivity contribution in [3.05, 3.63) is 35.4 Å². The summed E-state index contributed by atoms with van der Waals surface area (Å²) in [4.78, 5) is 14.6. The summed E-state index contributed by atoms with van der Waals surface area (Å²) in [6.45, 7) is 1.74. The highest BCUT2D eigenvalue weighted by molar-refractivity contribution is 5.96. The van der Waals surface area contributed by atoms with Crippen molar-refractivity contribution >= 4 is 5.91 Å². The van der Waals surface area contributed by atoms with Crippen molar-refractivity contribution in [2.75, 3.05) is 13.1 Å². The van der Waals surface area contributed by atoms with E-state index in [1.807, 2.05) is 11.0 Å². The molecule has 0 radical (unpaired) electrons. The normalized spacial score (nSPS) is 25.7. The first-order chi connectivity index (χ1) is 9.28. The fourth-order valence-corrected chi connectivity index (χ4v) is 3.54. The van der Waals surface area contributed by atoms with Gasteiger partial charge in [-0.3, -0.25) is 4.79 Å². The van der Waals surface area contributed by atoms with Crippen LogP contribution in [0.15, 0.2) is 24.3 Å². The second kappa shape index (κ2) is 5.05. The lowest BCUT2D eigenvalue weighted by Gasteiger charge is -2.41. The zero-order valence-electron chi connectivity index (χ0n) is 11.0. The Morgan fingerprint density at radius 1 is 1.21 bits per heavy atom. The van der Waals surface area contributed by atoms with E-state index in [-0.39, 0.29) is 5.91 Å². The van der Waals surface area contributed by atoms with Gasteiger partial charge in [0.2, 0.25) is 0 Å². The Labute approximate surface area is 113 Å². The van der Waals surface area contributed by atoms with Crippen LogP contribution in [0.5, 0.6) is 0 Å². The molecule has 3 heteroatoms. The quantitative estimate of drug-likeness (QED) is 0.773. The zero-order valence-corrected chi connectivity index (χ0v) is 11.0. The molecule has 98 valence electrons. The van der Waals surface area contributed by atoms with E-state index in [0.29, 0.717) is 23.0 Å². The third-order valence-electron chi connectivity index (χ3n) is 4.41. The highest BCUT2D eigenvalue weighted by Gasteiger charge is 2.33. The van der Waals surface area contributed by atoms with Crippen LogP contribution in [0.1, 0.15) is 41.6 Å². The summed E-state index contributed by atoms with van der Waals surface area (Å²) < 4.78 is 0. The van der Waals surface area contributed by atoms with Crippen LogP contribution in [0.3, 0.4) is 0 Å². The molecule has 1 saturated carbocycles. The van der Waals surface area contributed by atoms with Crippen LogP contribution in [0.25, 0.3) is 0 Å². The van der Waals surface area contributed by atoms with Crippen molar-refractivity contribution in [1.82, 2.24) is 4.90 Å². The van der Waals surface area contributed by atoms with Crippen molar-refractivity contribution in [3.63, 3.8) is 0 Å². The van der Waals surface area contributed by atoms with Gasteiger partial charge in [0, 0.05) is 13.1 Å². The molecular weight excluding hydrogens is 236 g/mol. The minimum atomic E-state index is 0.0359. The number of nitrogens with zero attached hydrogens (tertiary/aromatic N) is 2. The van der Waals surface area contributed by atoms with E-state index in [4.69, 9.17) is 5.26 Å². The van der Waals surface area contributed by atoms with E-state index in [0.717, 1.165) is 13.1 Å². The second-order valence-electron chi connectivity index (χ2n) is 5.77. The smallest absolute Gasteiger partial charge is 0.255 e. The number of amides is 1. The zero-order chi connectivity index (χ0) is 13.2. The lowest BCUT2D eigenvalue weighted by molar-refractivity contribution is 0.0504. The number of benzene rings is 1. The number of carbonyl (C=O) groups excluding carboxylic acids is 1. The van der Waals surface area contributed by atoms with E-state index < -0.39 is 0 Å². The van der Waals surface area contributed by atoms with E-state index in [1.165, 1.54) is 25.7 Å². The number of piperidine rings is 1. The maximum absolute atomic E-state index is 12.6. The molecule has 0 unspecified atom stereocenters. The van der Waals surface area contributed by atoms with Gasteiger partial charge in [0.25, 0.3) is 5.91 Å².